The molecule has 21 heavy (non-hydrogen) atoms. The Balaban J connectivity index is 2.35. The molecule has 0 nitrogen and oxygen atoms in total. The zero-order valence-electron chi connectivity index (χ0n) is 14.4. The van der Waals surface area contributed by atoms with E-state index in [-0.39, 0.29) is 0 Å². The van der Waals surface area contributed by atoms with E-state index in [1.807, 2.05) is 0 Å². The van der Waals surface area contributed by atoms with Gasteiger partial charge < -0.3 is 0 Å². The number of benzene rings is 1. The van der Waals surface area contributed by atoms with Crippen molar-refractivity contribution < 1.29 is 0 Å². The van der Waals surface area contributed by atoms with Crippen LogP contribution in [0.4, 0.5) is 0 Å². The highest BCUT2D eigenvalue weighted by Gasteiger charge is 2.04. The molecule has 0 atom stereocenters. The fourth-order valence-corrected chi connectivity index (χ4v) is 2.99. The number of hydrogen-bond acceptors (Lipinski definition) is 0. The predicted octanol–water partition coefficient (Wildman–Crippen LogP) is 6.89. The molecule has 1 rings (SSSR count). The van der Waals surface area contributed by atoms with Crippen LogP contribution in [-0.4, -0.2) is 0 Å². The van der Waals surface area contributed by atoms with Gasteiger partial charge in [-0.05, 0) is 49.3 Å². The summed E-state index contributed by atoms with van der Waals surface area (Å²) in [5.41, 5.74) is 4.29. The minimum absolute atomic E-state index is 1.21. The highest BCUT2D eigenvalue weighted by Crippen LogP contribution is 2.19. The molecule has 0 heterocycles. The van der Waals surface area contributed by atoms with Crippen molar-refractivity contribution in [1.29, 1.82) is 0 Å². The van der Waals surface area contributed by atoms with Gasteiger partial charge >= 0.3 is 0 Å². The van der Waals surface area contributed by atoms with Gasteiger partial charge in [0.05, 0.1) is 0 Å². The van der Waals surface area contributed by atoms with Gasteiger partial charge in [0, 0.05) is 0 Å². The summed E-state index contributed by atoms with van der Waals surface area (Å²) in [7, 11) is 0. The summed E-state index contributed by atoms with van der Waals surface area (Å²) in [4.78, 5) is 0. The largest absolute Gasteiger partial charge is 0.0654 e. The molecule has 0 saturated carbocycles. The predicted molar refractivity (Wildman–Crippen MR) is 95.8 cm³/mol. The Bertz CT molecular complexity index is 332. The van der Waals surface area contributed by atoms with Crippen LogP contribution in [0.3, 0.4) is 0 Å². The SMILES string of the molecule is [CH2]c1c(CCCCCCC)cccc1CCCCCCC. The van der Waals surface area contributed by atoms with Gasteiger partial charge in [0.25, 0.3) is 0 Å². The highest BCUT2D eigenvalue weighted by molar-refractivity contribution is 5.37. The highest BCUT2D eigenvalue weighted by atomic mass is 14.1. The molecule has 0 spiro atoms. The summed E-state index contributed by atoms with van der Waals surface area (Å²) in [6.45, 7) is 8.90. The Morgan fingerprint density at radius 1 is 0.667 bits per heavy atom. The van der Waals surface area contributed by atoms with Crippen molar-refractivity contribution in [3.63, 3.8) is 0 Å². The molecule has 0 saturated heterocycles. The van der Waals surface area contributed by atoms with Crippen molar-refractivity contribution in [2.75, 3.05) is 0 Å². The van der Waals surface area contributed by atoms with Crippen molar-refractivity contribution in [1.82, 2.24) is 0 Å². The maximum atomic E-state index is 4.35. The van der Waals surface area contributed by atoms with Gasteiger partial charge in [-0.15, -0.1) is 0 Å². The maximum absolute atomic E-state index is 4.35. The third kappa shape index (κ3) is 7.69. The fraction of sp³-hybridized carbons (Fsp3) is 0.667. The van der Waals surface area contributed by atoms with E-state index in [1.165, 1.54) is 93.7 Å². The van der Waals surface area contributed by atoms with Gasteiger partial charge in [0.2, 0.25) is 0 Å². The molecule has 1 aromatic rings. The van der Waals surface area contributed by atoms with E-state index in [4.69, 9.17) is 0 Å². The third-order valence-corrected chi connectivity index (χ3v) is 4.47. The van der Waals surface area contributed by atoms with Gasteiger partial charge in [-0.3, -0.25) is 0 Å². The zero-order chi connectivity index (χ0) is 15.3. The Hall–Kier alpha value is -0.780. The second kappa shape index (κ2) is 11.8. The van der Waals surface area contributed by atoms with Crippen LogP contribution in [0.15, 0.2) is 18.2 Å². The molecule has 0 unspecified atom stereocenters. The Morgan fingerprint density at radius 3 is 1.52 bits per heavy atom. The summed E-state index contributed by atoms with van der Waals surface area (Å²) in [6.07, 6.45) is 16.0. The molecule has 0 amide bonds. The molecule has 0 bridgehead atoms. The van der Waals surface area contributed by atoms with Crippen LogP contribution in [0, 0.1) is 6.92 Å². The van der Waals surface area contributed by atoms with Crippen molar-refractivity contribution >= 4 is 0 Å². The lowest BCUT2D eigenvalue weighted by atomic mass is 9.94. The normalized spacial score (nSPS) is 11.0. The second-order valence-electron chi connectivity index (χ2n) is 6.38. The Kier molecular flexibility index (Phi) is 10.3. The fourth-order valence-electron chi connectivity index (χ4n) is 2.99. The molecule has 0 aliphatic carbocycles. The summed E-state index contributed by atoms with van der Waals surface area (Å²) >= 11 is 0. The molecule has 0 heteroatoms. The zero-order valence-corrected chi connectivity index (χ0v) is 14.4. The number of aryl methyl sites for hydroxylation is 2. The van der Waals surface area contributed by atoms with Crippen molar-refractivity contribution in [2.24, 2.45) is 0 Å². The number of hydrogen-bond donors (Lipinski definition) is 0. The molecular formula is C21H35. The average Bonchev–Trinajstić information content (AvgIpc) is 2.50. The van der Waals surface area contributed by atoms with Crippen LogP contribution in [0.2, 0.25) is 0 Å². The number of unbranched alkanes of at least 4 members (excludes halogenated alkanes) is 8. The smallest absolute Gasteiger partial charge is 0.0233 e. The van der Waals surface area contributed by atoms with Crippen molar-refractivity contribution in [2.45, 2.75) is 90.9 Å². The molecule has 0 aromatic heterocycles. The van der Waals surface area contributed by atoms with E-state index >= 15 is 0 Å². The van der Waals surface area contributed by atoms with E-state index in [2.05, 4.69) is 39.0 Å². The molecule has 0 N–H and O–H groups in total. The van der Waals surface area contributed by atoms with Gasteiger partial charge in [-0.2, -0.15) is 0 Å². The van der Waals surface area contributed by atoms with Gasteiger partial charge in [0.15, 0.2) is 0 Å². The van der Waals surface area contributed by atoms with Gasteiger partial charge in [-0.1, -0.05) is 83.4 Å². The van der Waals surface area contributed by atoms with Gasteiger partial charge in [0.1, 0.15) is 0 Å². The monoisotopic (exact) mass is 287 g/mol. The van der Waals surface area contributed by atoms with Crippen LogP contribution in [-0.2, 0) is 12.8 Å². The van der Waals surface area contributed by atoms with Crippen molar-refractivity contribution in [3.8, 4) is 0 Å². The van der Waals surface area contributed by atoms with Crippen LogP contribution in [0.25, 0.3) is 0 Å². The molecule has 0 fully saturated rings. The Labute approximate surface area is 133 Å². The van der Waals surface area contributed by atoms with E-state index in [9.17, 15) is 0 Å². The minimum Gasteiger partial charge on any atom is -0.0654 e. The maximum Gasteiger partial charge on any atom is -0.0233 e. The topological polar surface area (TPSA) is 0 Å². The molecule has 0 aliphatic heterocycles. The van der Waals surface area contributed by atoms with E-state index in [0.717, 1.165) is 0 Å². The van der Waals surface area contributed by atoms with Crippen molar-refractivity contribution in [3.05, 3.63) is 41.8 Å². The van der Waals surface area contributed by atoms with E-state index in [0.29, 0.717) is 0 Å². The first kappa shape index (κ1) is 18.3. The lowest BCUT2D eigenvalue weighted by Crippen LogP contribution is -1.97. The standard InChI is InChI=1S/C21H35/c1-4-6-8-10-12-15-20-17-14-18-21(19(20)3)16-13-11-9-7-5-2/h14,17-18H,3-13,15-16H2,1-2H3. The average molecular weight is 288 g/mol. The molecular weight excluding hydrogens is 252 g/mol. The molecule has 1 radical (unpaired) electrons. The summed E-state index contributed by atoms with van der Waals surface area (Å²) in [6, 6.07) is 6.79. The summed E-state index contributed by atoms with van der Waals surface area (Å²) < 4.78 is 0. The summed E-state index contributed by atoms with van der Waals surface area (Å²) in [5.74, 6) is 0. The van der Waals surface area contributed by atoms with E-state index in [1.54, 1.807) is 0 Å². The van der Waals surface area contributed by atoms with Crippen LogP contribution >= 0.6 is 0 Å². The summed E-state index contributed by atoms with van der Waals surface area (Å²) in [5, 5.41) is 0. The molecule has 1 aromatic carbocycles. The third-order valence-electron chi connectivity index (χ3n) is 4.47. The lowest BCUT2D eigenvalue weighted by Gasteiger charge is -2.11. The minimum atomic E-state index is 1.21. The van der Waals surface area contributed by atoms with Crippen LogP contribution in [0.1, 0.15) is 94.7 Å². The van der Waals surface area contributed by atoms with E-state index < -0.39 is 0 Å². The lowest BCUT2D eigenvalue weighted by molar-refractivity contribution is 0.627. The first-order valence-electron chi connectivity index (χ1n) is 9.22. The first-order chi connectivity index (χ1) is 10.3. The number of rotatable bonds is 12. The van der Waals surface area contributed by atoms with Gasteiger partial charge in [-0.25, -0.2) is 0 Å². The molecule has 119 valence electrons. The quantitative estimate of drug-likeness (QED) is 0.367. The Morgan fingerprint density at radius 2 is 1.10 bits per heavy atom. The molecule has 0 aliphatic rings. The van der Waals surface area contributed by atoms with Crippen LogP contribution in [0.5, 0.6) is 0 Å². The second-order valence-corrected chi connectivity index (χ2v) is 6.38. The van der Waals surface area contributed by atoms with Crippen LogP contribution < -0.4 is 0 Å². The first-order valence-corrected chi connectivity index (χ1v) is 9.22.